The lowest BCUT2D eigenvalue weighted by Crippen LogP contribution is -2.69. The van der Waals surface area contributed by atoms with Gasteiger partial charge in [0.05, 0.1) is 0 Å². The number of hydrogen-bond donors (Lipinski definition) is 0. The lowest BCUT2D eigenvalue weighted by Gasteiger charge is -2.32. The second-order valence-electron chi connectivity index (χ2n) is 5.63. The van der Waals surface area contributed by atoms with Crippen molar-refractivity contribution in [3.05, 3.63) is 83.5 Å². The van der Waals surface area contributed by atoms with Crippen LogP contribution in [0, 0.1) is 10.7 Å². The highest BCUT2D eigenvalue weighted by Crippen LogP contribution is 2.14. The molecule has 0 heterocycles. The smallest absolute Gasteiger partial charge is 0.288 e. The van der Waals surface area contributed by atoms with Gasteiger partial charge in [0.1, 0.15) is 0 Å². The summed E-state index contributed by atoms with van der Waals surface area (Å²) in [6.07, 6.45) is 0. The summed E-state index contributed by atoms with van der Waals surface area (Å²) in [6, 6.07) is 26.5. The summed E-state index contributed by atoms with van der Waals surface area (Å²) < 4.78 is 10.4. The fourth-order valence-corrected chi connectivity index (χ4v) is 7.94. The van der Waals surface area contributed by atoms with Crippen LogP contribution in [0.2, 0.25) is 0 Å². The molecule has 1 nitrogen and oxygen atoms in total. The van der Waals surface area contributed by atoms with E-state index in [4.69, 9.17) is 4.43 Å². The summed E-state index contributed by atoms with van der Waals surface area (Å²) in [4.78, 5) is 0. The zero-order valence-corrected chi connectivity index (χ0v) is 21.1. The van der Waals surface area contributed by atoms with Crippen molar-refractivity contribution in [1.29, 1.82) is 0 Å². The highest BCUT2D eigenvalue weighted by Gasteiger charge is 2.41. The van der Waals surface area contributed by atoms with Crippen LogP contribution in [0.3, 0.4) is 0 Å². The maximum atomic E-state index is 6.64. The van der Waals surface area contributed by atoms with E-state index in [2.05, 4.69) is 147 Å². The van der Waals surface area contributed by atoms with Crippen molar-refractivity contribution < 1.29 is 4.43 Å². The SMILES string of the molecule is CCO[Si](c1ccc(I)cc1)(c1ccc(I)cc1)c1ccc(I)cc1. The molecule has 0 fully saturated rings. The van der Waals surface area contributed by atoms with E-state index in [1.807, 2.05) is 0 Å². The quantitative estimate of drug-likeness (QED) is 0.219. The number of rotatable bonds is 5. The third-order valence-corrected chi connectivity index (χ3v) is 10.4. The van der Waals surface area contributed by atoms with E-state index in [9.17, 15) is 0 Å². The van der Waals surface area contributed by atoms with Gasteiger partial charge in [-0.25, -0.2) is 0 Å². The molecule has 0 unspecified atom stereocenters. The molecule has 25 heavy (non-hydrogen) atoms. The summed E-state index contributed by atoms with van der Waals surface area (Å²) in [5.41, 5.74) is 0. The van der Waals surface area contributed by atoms with Gasteiger partial charge in [0.2, 0.25) is 0 Å². The molecule has 0 N–H and O–H groups in total. The maximum absolute atomic E-state index is 6.64. The molecule has 0 spiro atoms. The van der Waals surface area contributed by atoms with Gasteiger partial charge in [-0.3, -0.25) is 0 Å². The van der Waals surface area contributed by atoms with Crippen LogP contribution >= 0.6 is 67.8 Å². The van der Waals surface area contributed by atoms with Gasteiger partial charge >= 0.3 is 0 Å². The first-order valence-corrected chi connectivity index (χ1v) is 13.1. The minimum Gasteiger partial charge on any atom is -0.405 e. The Bertz CT molecular complexity index is 719. The lowest BCUT2D eigenvalue weighted by atomic mass is 10.3. The van der Waals surface area contributed by atoms with E-state index in [0.29, 0.717) is 6.61 Å². The summed E-state index contributed by atoms with van der Waals surface area (Å²) in [5, 5.41) is 3.87. The van der Waals surface area contributed by atoms with Crippen molar-refractivity contribution in [1.82, 2.24) is 0 Å². The van der Waals surface area contributed by atoms with Crippen molar-refractivity contribution >= 4 is 91.7 Å². The molecule has 3 rings (SSSR count). The highest BCUT2D eigenvalue weighted by molar-refractivity contribution is 14.1. The summed E-state index contributed by atoms with van der Waals surface area (Å²) in [7, 11) is -2.50. The largest absolute Gasteiger partial charge is 0.405 e. The first-order chi connectivity index (χ1) is 12.1. The second kappa shape index (κ2) is 8.81. The monoisotopic (exact) mass is 682 g/mol. The minimum absolute atomic E-state index is 0.691. The van der Waals surface area contributed by atoms with E-state index < -0.39 is 8.32 Å². The average Bonchev–Trinajstić information content (AvgIpc) is 2.62. The normalized spacial score (nSPS) is 11.5. The Morgan fingerprint density at radius 3 is 1.12 bits per heavy atom. The molecule has 0 aromatic heterocycles. The fraction of sp³-hybridized carbons (Fsp3) is 0.100. The topological polar surface area (TPSA) is 9.23 Å². The van der Waals surface area contributed by atoms with E-state index in [-0.39, 0.29) is 0 Å². The van der Waals surface area contributed by atoms with Gasteiger partial charge in [-0.15, -0.1) is 0 Å². The Labute approximate surface area is 191 Å². The summed E-state index contributed by atoms with van der Waals surface area (Å²) in [5.74, 6) is 0. The molecule has 0 bridgehead atoms. The van der Waals surface area contributed by atoms with Crippen molar-refractivity contribution in [2.24, 2.45) is 0 Å². The van der Waals surface area contributed by atoms with Gasteiger partial charge in [-0.05, 0) is 127 Å². The van der Waals surface area contributed by atoms with Crippen molar-refractivity contribution in [3.8, 4) is 0 Å². The standard InChI is InChI=1S/C20H17I3OSi/c1-2-24-25(18-9-3-15(21)4-10-18,19-11-5-16(22)6-12-19)20-13-7-17(23)8-14-20/h3-14H,2H2,1H3. The van der Waals surface area contributed by atoms with Crippen LogP contribution in [0.4, 0.5) is 0 Å². The summed E-state index contributed by atoms with van der Waals surface area (Å²) in [6.45, 7) is 2.78. The Hall–Kier alpha value is 0.0269. The van der Waals surface area contributed by atoms with E-state index in [1.165, 1.54) is 26.3 Å². The number of halogens is 3. The maximum Gasteiger partial charge on any atom is 0.288 e. The van der Waals surface area contributed by atoms with Crippen LogP contribution in [-0.2, 0) is 4.43 Å². The molecule has 128 valence electrons. The van der Waals surface area contributed by atoms with Gasteiger partial charge in [0.15, 0.2) is 0 Å². The van der Waals surface area contributed by atoms with Crippen LogP contribution in [0.25, 0.3) is 0 Å². The summed E-state index contributed by atoms with van der Waals surface area (Å²) >= 11 is 7.07. The van der Waals surface area contributed by atoms with Crippen molar-refractivity contribution in [2.45, 2.75) is 6.92 Å². The molecule has 5 heteroatoms. The van der Waals surface area contributed by atoms with Gasteiger partial charge in [0, 0.05) is 17.3 Å². The lowest BCUT2D eigenvalue weighted by molar-refractivity contribution is 0.347. The predicted octanol–water partition coefficient (Wildman–Crippen LogP) is 4.50. The Morgan fingerprint density at radius 1 is 0.600 bits per heavy atom. The first kappa shape index (κ1) is 19.8. The van der Waals surface area contributed by atoms with Crippen LogP contribution < -0.4 is 15.6 Å². The van der Waals surface area contributed by atoms with Crippen molar-refractivity contribution in [2.75, 3.05) is 6.61 Å². The van der Waals surface area contributed by atoms with E-state index >= 15 is 0 Å². The Balaban J connectivity index is 2.28. The molecule has 0 atom stereocenters. The van der Waals surface area contributed by atoms with Crippen molar-refractivity contribution in [3.63, 3.8) is 0 Å². The second-order valence-corrected chi connectivity index (χ2v) is 12.8. The molecule has 0 aliphatic carbocycles. The molecule has 3 aromatic rings. The predicted molar refractivity (Wildman–Crippen MR) is 134 cm³/mol. The molecule has 3 aromatic carbocycles. The van der Waals surface area contributed by atoms with Crippen LogP contribution in [-0.4, -0.2) is 14.9 Å². The number of hydrogen-bond acceptors (Lipinski definition) is 1. The molecule has 0 saturated carbocycles. The van der Waals surface area contributed by atoms with Gasteiger partial charge in [0.25, 0.3) is 8.32 Å². The number of benzene rings is 3. The third kappa shape index (κ3) is 4.31. The highest BCUT2D eigenvalue weighted by atomic mass is 127. The Kier molecular flexibility index (Phi) is 6.97. The first-order valence-electron chi connectivity index (χ1n) is 7.98. The molecule has 0 aliphatic rings. The van der Waals surface area contributed by atoms with Gasteiger partial charge < -0.3 is 4.43 Å². The van der Waals surface area contributed by atoms with Crippen LogP contribution in [0.1, 0.15) is 6.92 Å². The Morgan fingerprint density at radius 2 is 0.880 bits per heavy atom. The minimum atomic E-state index is -2.50. The van der Waals surface area contributed by atoms with E-state index in [1.54, 1.807) is 0 Å². The van der Waals surface area contributed by atoms with Crippen LogP contribution in [0.5, 0.6) is 0 Å². The van der Waals surface area contributed by atoms with Gasteiger partial charge in [-0.2, -0.15) is 0 Å². The molecule has 0 aliphatic heterocycles. The zero-order valence-electron chi connectivity index (χ0n) is 13.7. The molecular weight excluding hydrogens is 665 g/mol. The zero-order chi connectivity index (χ0) is 17.9. The average molecular weight is 682 g/mol. The molecule has 0 amide bonds. The third-order valence-electron chi connectivity index (χ3n) is 4.11. The molecular formula is C20H17I3OSi. The fourth-order valence-electron chi connectivity index (χ4n) is 3.02. The van der Waals surface area contributed by atoms with Gasteiger partial charge in [-0.1, -0.05) is 36.4 Å². The molecule has 0 radical (unpaired) electrons. The van der Waals surface area contributed by atoms with E-state index in [0.717, 1.165) is 0 Å². The molecule has 0 saturated heterocycles. The van der Waals surface area contributed by atoms with Crippen LogP contribution in [0.15, 0.2) is 72.8 Å².